The fraction of sp³-hybridized carbons (Fsp3) is 0. The monoisotopic (exact) mass is 447 g/mol. The molecule has 6 nitrogen and oxygen atoms in total. The summed E-state index contributed by atoms with van der Waals surface area (Å²) in [5, 5.41) is 16.2. The number of non-ortho nitro benzene ring substituents is 1. The lowest BCUT2D eigenvalue weighted by atomic mass is 10.2. The number of hydrogen-bond donors (Lipinski definition) is 0. The third kappa shape index (κ3) is 4.24. The Balaban J connectivity index is 1.82. The van der Waals surface area contributed by atoms with Crippen molar-refractivity contribution in [2.24, 2.45) is 5.10 Å². The number of carbonyl (C=O) groups is 1. The smallest absolute Gasteiger partial charge is 0.266 e. The summed E-state index contributed by atoms with van der Waals surface area (Å²) in [6.07, 6.45) is 3.12. The van der Waals surface area contributed by atoms with Crippen LogP contribution in [0.25, 0.3) is 6.08 Å². The fourth-order valence-electron chi connectivity index (χ4n) is 2.15. The largest absolute Gasteiger partial charge is 0.286 e. The Morgan fingerprint density at radius 3 is 2.65 bits per heavy atom. The fourth-order valence-corrected chi connectivity index (χ4v) is 3.74. The molecule has 1 amide bonds. The summed E-state index contributed by atoms with van der Waals surface area (Å²) in [4.78, 5) is 23.3. The van der Waals surface area contributed by atoms with Gasteiger partial charge in [0.1, 0.15) is 0 Å². The molecule has 130 valence electrons. The highest BCUT2D eigenvalue weighted by Crippen LogP contribution is 2.33. The Kier molecular flexibility index (Phi) is 5.60. The molecule has 1 saturated heterocycles. The molecule has 1 fully saturated rings. The van der Waals surface area contributed by atoms with Crippen molar-refractivity contribution < 1.29 is 9.72 Å². The van der Waals surface area contributed by atoms with Crippen molar-refractivity contribution in [3.05, 3.63) is 79.2 Å². The minimum atomic E-state index is -0.481. The van der Waals surface area contributed by atoms with Gasteiger partial charge in [-0.05, 0) is 41.6 Å². The summed E-state index contributed by atoms with van der Waals surface area (Å²) in [6.45, 7) is 0. The second kappa shape index (κ2) is 7.90. The highest BCUT2D eigenvalue weighted by atomic mass is 79.9. The van der Waals surface area contributed by atoms with Crippen molar-refractivity contribution >= 4 is 68.1 Å². The van der Waals surface area contributed by atoms with E-state index in [0.29, 0.717) is 14.8 Å². The average Bonchev–Trinajstić information content (AvgIpc) is 2.87. The quantitative estimate of drug-likeness (QED) is 0.225. The zero-order valence-corrected chi connectivity index (χ0v) is 16.3. The maximum absolute atomic E-state index is 12.5. The van der Waals surface area contributed by atoms with Gasteiger partial charge in [0, 0.05) is 16.6 Å². The summed E-state index contributed by atoms with van der Waals surface area (Å²) in [7, 11) is 0. The lowest BCUT2D eigenvalue weighted by molar-refractivity contribution is -0.384. The summed E-state index contributed by atoms with van der Waals surface area (Å²) in [6, 6.07) is 13.5. The molecule has 0 bridgehead atoms. The SMILES string of the molecule is O=C1C(=Cc2cccc([N+](=O)[O-])c2)SC(=S)N1N=Cc1cccc(Br)c1. The molecule has 3 rings (SSSR count). The van der Waals surface area contributed by atoms with Crippen LogP contribution in [-0.4, -0.2) is 26.4 Å². The van der Waals surface area contributed by atoms with Crippen molar-refractivity contribution in [2.45, 2.75) is 0 Å². The number of thiocarbonyl (C=S) groups is 1. The van der Waals surface area contributed by atoms with Gasteiger partial charge >= 0.3 is 0 Å². The first-order chi connectivity index (χ1) is 12.4. The van der Waals surface area contributed by atoms with Crippen LogP contribution in [0.2, 0.25) is 0 Å². The summed E-state index contributed by atoms with van der Waals surface area (Å²) >= 11 is 9.69. The number of halogens is 1. The predicted octanol–water partition coefficient (Wildman–Crippen LogP) is 4.59. The van der Waals surface area contributed by atoms with E-state index in [1.54, 1.807) is 24.4 Å². The molecule has 1 aliphatic heterocycles. The van der Waals surface area contributed by atoms with Gasteiger partial charge in [0.25, 0.3) is 11.6 Å². The molecule has 0 spiro atoms. The van der Waals surface area contributed by atoms with Crippen molar-refractivity contribution in [1.29, 1.82) is 0 Å². The zero-order valence-electron chi connectivity index (χ0n) is 13.0. The number of nitrogens with zero attached hydrogens (tertiary/aromatic N) is 3. The summed E-state index contributed by atoms with van der Waals surface area (Å²) in [5.74, 6) is -0.363. The molecule has 26 heavy (non-hydrogen) atoms. The number of thioether (sulfide) groups is 1. The number of carbonyl (C=O) groups excluding carboxylic acids is 1. The van der Waals surface area contributed by atoms with Crippen LogP contribution in [-0.2, 0) is 4.79 Å². The van der Waals surface area contributed by atoms with Crippen LogP contribution in [0.15, 0.2) is 63.0 Å². The van der Waals surface area contributed by atoms with E-state index in [1.807, 2.05) is 24.3 Å². The normalized spacial score (nSPS) is 16.0. The first-order valence-electron chi connectivity index (χ1n) is 7.26. The topological polar surface area (TPSA) is 75.8 Å². The molecule has 9 heteroatoms. The molecule has 1 heterocycles. The number of benzene rings is 2. The van der Waals surface area contributed by atoms with Crippen LogP contribution in [0, 0.1) is 10.1 Å². The van der Waals surface area contributed by atoms with Gasteiger partial charge in [-0.25, -0.2) is 0 Å². The van der Waals surface area contributed by atoms with E-state index in [0.717, 1.165) is 26.8 Å². The van der Waals surface area contributed by atoms with Crippen LogP contribution < -0.4 is 0 Å². The molecule has 1 aliphatic rings. The Morgan fingerprint density at radius 1 is 1.19 bits per heavy atom. The third-order valence-corrected chi connectivity index (χ3v) is 5.10. The number of amides is 1. The van der Waals surface area contributed by atoms with Gasteiger partial charge in [0.15, 0.2) is 4.32 Å². The van der Waals surface area contributed by atoms with Gasteiger partial charge in [-0.2, -0.15) is 10.1 Å². The van der Waals surface area contributed by atoms with E-state index in [1.165, 1.54) is 12.1 Å². The number of hydrazone groups is 1. The van der Waals surface area contributed by atoms with Gasteiger partial charge in [0.2, 0.25) is 0 Å². The van der Waals surface area contributed by atoms with Gasteiger partial charge in [-0.15, -0.1) is 0 Å². The number of hydrogen-bond acceptors (Lipinski definition) is 6. The maximum atomic E-state index is 12.5. The van der Waals surface area contributed by atoms with E-state index in [9.17, 15) is 14.9 Å². The Hall–Kier alpha value is -2.36. The number of nitro groups is 1. The van der Waals surface area contributed by atoms with Gasteiger partial charge in [0.05, 0.1) is 16.0 Å². The van der Waals surface area contributed by atoms with Crippen molar-refractivity contribution in [1.82, 2.24) is 5.01 Å². The maximum Gasteiger partial charge on any atom is 0.286 e. The number of rotatable bonds is 4. The Morgan fingerprint density at radius 2 is 1.92 bits per heavy atom. The van der Waals surface area contributed by atoms with Crippen molar-refractivity contribution in [2.75, 3.05) is 0 Å². The first kappa shape index (κ1) is 18.4. The minimum Gasteiger partial charge on any atom is -0.266 e. The van der Waals surface area contributed by atoms with E-state index in [-0.39, 0.29) is 11.6 Å². The average molecular weight is 448 g/mol. The molecule has 0 unspecified atom stereocenters. The summed E-state index contributed by atoms with van der Waals surface area (Å²) in [5.41, 5.74) is 1.33. The lowest BCUT2D eigenvalue weighted by Crippen LogP contribution is -2.22. The van der Waals surface area contributed by atoms with E-state index >= 15 is 0 Å². The lowest BCUT2D eigenvalue weighted by Gasteiger charge is -2.06. The van der Waals surface area contributed by atoms with E-state index in [4.69, 9.17) is 12.2 Å². The molecular formula is C17H10BrN3O3S2. The molecule has 0 atom stereocenters. The van der Waals surface area contributed by atoms with Crippen molar-refractivity contribution in [3.8, 4) is 0 Å². The minimum absolute atomic E-state index is 0.0399. The molecule has 0 N–H and O–H groups in total. The van der Waals surface area contributed by atoms with E-state index < -0.39 is 4.92 Å². The van der Waals surface area contributed by atoms with Crippen LogP contribution in [0.4, 0.5) is 5.69 Å². The summed E-state index contributed by atoms with van der Waals surface area (Å²) < 4.78 is 1.20. The van der Waals surface area contributed by atoms with Gasteiger partial charge < -0.3 is 0 Å². The Bertz CT molecular complexity index is 975. The molecule has 0 aromatic heterocycles. The van der Waals surface area contributed by atoms with E-state index in [2.05, 4.69) is 21.0 Å². The van der Waals surface area contributed by atoms with Gasteiger partial charge in [-0.1, -0.05) is 52.0 Å². The standard InChI is InChI=1S/C17H10BrN3O3S2/c18-13-5-1-4-12(7-13)10-19-20-16(22)15(26-17(20)25)9-11-3-2-6-14(8-11)21(23)24/h1-10H. The second-order valence-electron chi connectivity index (χ2n) is 5.15. The highest BCUT2D eigenvalue weighted by molar-refractivity contribution is 9.10. The van der Waals surface area contributed by atoms with Crippen LogP contribution in [0.1, 0.15) is 11.1 Å². The molecule has 2 aromatic rings. The molecule has 2 aromatic carbocycles. The second-order valence-corrected chi connectivity index (χ2v) is 7.74. The van der Waals surface area contributed by atoms with Crippen LogP contribution in [0.3, 0.4) is 0 Å². The zero-order chi connectivity index (χ0) is 18.7. The van der Waals surface area contributed by atoms with Crippen LogP contribution >= 0.6 is 39.9 Å². The molecule has 0 saturated carbocycles. The number of nitro benzene ring substituents is 1. The Labute approximate surface area is 166 Å². The molecule has 0 radical (unpaired) electrons. The molecular weight excluding hydrogens is 438 g/mol. The van der Waals surface area contributed by atoms with Crippen molar-refractivity contribution in [3.63, 3.8) is 0 Å². The first-order valence-corrected chi connectivity index (χ1v) is 9.28. The molecule has 0 aliphatic carbocycles. The predicted molar refractivity (Wildman–Crippen MR) is 110 cm³/mol. The van der Waals surface area contributed by atoms with Crippen LogP contribution in [0.5, 0.6) is 0 Å². The highest BCUT2D eigenvalue weighted by Gasteiger charge is 2.32. The third-order valence-electron chi connectivity index (χ3n) is 3.32. The van der Waals surface area contributed by atoms with Gasteiger partial charge in [-0.3, -0.25) is 14.9 Å².